The van der Waals surface area contributed by atoms with Gasteiger partial charge < -0.3 is 15.5 Å². The summed E-state index contributed by atoms with van der Waals surface area (Å²) in [6.07, 6.45) is 4.57. The third kappa shape index (κ3) is 7.60. The van der Waals surface area contributed by atoms with Gasteiger partial charge in [0.25, 0.3) is 11.5 Å². The molecule has 4 heterocycles. The second-order valence-electron chi connectivity index (χ2n) is 12.4. The first-order chi connectivity index (χ1) is 21.6. The molecule has 9 nitrogen and oxygen atoms in total. The zero-order valence-electron chi connectivity index (χ0n) is 26.4. The molecule has 2 aliphatic rings. The van der Waals surface area contributed by atoms with Gasteiger partial charge in [0.15, 0.2) is 0 Å². The molecule has 12 heteroatoms. The second-order valence-corrected chi connectivity index (χ2v) is 14.1. The number of anilines is 1. The van der Waals surface area contributed by atoms with Gasteiger partial charge in [0.1, 0.15) is 17.8 Å². The fourth-order valence-corrected chi connectivity index (χ4v) is 7.72. The van der Waals surface area contributed by atoms with Crippen LogP contribution in [-0.4, -0.2) is 67.7 Å². The number of benzene rings is 1. The van der Waals surface area contributed by atoms with Gasteiger partial charge in [-0.1, -0.05) is 25.1 Å². The number of hydrogen-bond acceptors (Lipinski definition) is 7. The largest absolute Gasteiger partial charge is 0.363 e. The molecule has 2 aliphatic heterocycles. The first kappa shape index (κ1) is 33.1. The molecule has 2 fully saturated rings. The van der Waals surface area contributed by atoms with Gasteiger partial charge in [-0.05, 0) is 82.8 Å². The summed E-state index contributed by atoms with van der Waals surface area (Å²) < 4.78 is 45.0. The molecule has 0 radical (unpaired) electrons. The van der Waals surface area contributed by atoms with Gasteiger partial charge >= 0.3 is 0 Å². The number of nitrogens with one attached hydrogen (secondary N) is 2. The maximum Gasteiger partial charge on any atom is 0.276 e. The second kappa shape index (κ2) is 14.5. The van der Waals surface area contributed by atoms with Crippen molar-refractivity contribution in [3.05, 3.63) is 63.7 Å². The maximum atomic E-state index is 15.6. The monoisotopic (exact) mass is 642 g/mol. The minimum atomic E-state index is -2.93. The topological polar surface area (TPSA) is 109 Å². The molecule has 0 saturated carbocycles. The van der Waals surface area contributed by atoms with Gasteiger partial charge in [0, 0.05) is 64.9 Å². The van der Waals surface area contributed by atoms with Crippen LogP contribution in [0.25, 0.3) is 11.0 Å². The van der Waals surface area contributed by atoms with Gasteiger partial charge in [-0.2, -0.15) is 0 Å². The zero-order chi connectivity index (χ0) is 32.1. The quantitative estimate of drug-likeness (QED) is 0.285. The Labute approximate surface area is 265 Å². The minimum absolute atomic E-state index is 0.0247. The molecule has 2 saturated heterocycles. The summed E-state index contributed by atoms with van der Waals surface area (Å²) in [5.41, 5.74) is 1.71. The van der Waals surface area contributed by atoms with E-state index in [4.69, 9.17) is 0 Å². The molecule has 244 valence electrons. The lowest BCUT2D eigenvalue weighted by atomic mass is 9.86. The number of pyridine rings is 1. The molecular weight excluding hydrogens is 598 g/mol. The molecule has 0 bridgehead atoms. The van der Waals surface area contributed by atoms with Crippen molar-refractivity contribution in [2.75, 3.05) is 43.5 Å². The highest BCUT2D eigenvalue weighted by molar-refractivity contribution is 7.85. The summed E-state index contributed by atoms with van der Waals surface area (Å²) in [6.45, 7) is 5.81. The van der Waals surface area contributed by atoms with Crippen molar-refractivity contribution < 1.29 is 17.8 Å². The number of hydrogen-bond donors (Lipinski definition) is 2. The number of piperidine rings is 1. The fourth-order valence-electron chi connectivity index (χ4n) is 6.42. The number of aromatic nitrogens is 3. The highest BCUT2D eigenvalue weighted by atomic mass is 32.2. The van der Waals surface area contributed by atoms with Crippen LogP contribution in [0.1, 0.15) is 81.0 Å². The van der Waals surface area contributed by atoms with E-state index < -0.39 is 22.6 Å². The Morgan fingerprint density at radius 3 is 2.58 bits per heavy atom. The average Bonchev–Trinajstić information content (AvgIpc) is 3.04. The number of fused-ring (bicyclic) bond motifs is 1. The van der Waals surface area contributed by atoms with E-state index in [1.54, 1.807) is 23.6 Å². The Balaban J connectivity index is 1.45. The van der Waals surface area contributed by atoms with Gasteiger partial charge in [-0.3, -0.25) is 18.4 Å². The van der Waals surface area contributed by atoms with Gasteiger partial charge in [-0.25, -0.2) is 18.7 Å². The standard InChI is InChI=1S/C33H44F2N6O3S/c1-4-29(42)36-13-6-14-41-31-28(20-27(32(41)43)23-11-17-45(44)18-12-23)30(37-21-38-31)39-22(2)24-7-5-8-26(19-24)33(34,35)25-9-15-40(3)16-10-25/h5,7-8,19-23,25H,4,6,9-18H2,1-3H3,(H,36,42)(H,37,38,39)/t22-,23?,45?/m1/s1. The summed E-state index contributed by atoms with van der Waals surface area (Å²) in [6, 6.07) is 8.12. The Hall–Kier alpha value is -3.25. The highest BCUT2D eigenvalue weighted by Gasteiger charge is 2.42. The van der Waals surface area contributed by atoms with E-state index in [0.29, 0.717) is 104 Å². The summed E-state index contributed by atoms with van der Waals surface area (Å²) >= 11 is 0. The number of aryl methyl sites for hydroxylation is 1. The molecule has 5 rings (SSSR count). The third-order valence-electron chi connectivity index (χ3n) is 9.30. The van der Waals surface area contributed by atoms with E-state index in [1.807, 2.05) is 26.1 Å². The summed E-state index contributed by atoms with van der Waals surface area (Å²) in [7, 11) is 1.09. The number of rotatable bonds is 11. The van der Waals surface area contributed by atoms with Gasteiger partial charge in [0.2, 0.25) is 5.91 Å². The molecule has 45 heavy (non-hydrogen) atoms. The molecule has 1 amide bonds. The number of carbonyl (C=O) groups is 1. The van der Waals surface area contributed by atoms with Gasteiger partial charge in [-0.15, -0.1) is 0 Å². The van der Waals surface area contributed by atoms with E-state index in [1.165, 1.54) is 12.4 Å². The number of amides is 1. The van der Waals surface area contributed by atoms with E-state index >= 15 is 8.78 Å². The summed E-state index contributed by atoms with van der Waals surface area (Å²) in [5.74, 6) is -2.09. The van der Waals surface area contributed by atoms with Crippen LogP contribution in [0.3, 0.4) is 0 Å². The maximum absolute atomic E-state index is 15.6. The predicted molar refractivity (Wildman–Crippen MR) is 174 cm³/mol. The van der Waals surface area contributed by atoms with Crippen molar-refractivity contribution >= 4 is 33.6 Å². The van der Waals surface area contributed by atoms with Crippen molar-refractivity contribution in [1.82, 2.24) is 24.8 Å². The van der Waals surface area contributed by atoms with E-state index in [2.05, 4.69) is 25.5 Å². The number of halogens is 2. The van der Waals surface area contributed by atoms with E-state index in [-0.39, 0.29) is 29.0 Å². The predicted octanol–water partition coefficient (Wildman–Crippen LogP) is 4.94. The molecular formula is C33H44F2N6O3S. The smallest absolute Gasteiger partial charge is 0.276 e. The number of nitrogens with zero attached hydrogens (tertiary/aromatic N) is 4. The number of likely N-dealkylation sites (tertiary alicyclic amines) is 1. The van der Waals surface area contributed by atoms with Crippen molar-refractivity contribution in [2.24, 2.45) is 5.92 Å². The Morgan fingerprint density at radius 2 is 1.87 bits per heavy atom. The van der Waals surface area contributed by atoms with Crippen LogP contribution >= 0.6 is 0 Å². The lowest BCUT2D eigenvalue weighted by molar-refractivity contribution is -0.120. The molecule has 2 aromatic heterocycles. The molecule has 2 N–H and O–H groups in total. The number of alkyl halides is 2. The first-order valence-electron chi connectivity index (χ1n) is 16.0. The lowest BCUT2D eigenvalue weighted by Crippen LogP contribution is -2.37. The van der Waals surface area contributed by atoms with Crippen LogP contribution in [0.4, 0.5) is 14.6 Å². The Morgan fingerprint density at radius 1 is 1.13 bits per heavy atom. The SMILES string of the molecule is CCC(=O)NCCCn1c(=O)c(C2CCS(=O)CC2)cc2c(N[C@H](C)c3cccc(C(F)(F)C4CCN(C)CC4)c3)ncnc21. The van der Waals surface area contributed by atoms with Crippen molar-refractivity contribution in [3.63, 3.8) is 0 Å². The fraction of sp³-hybridized carbons (Fsp3) is 0.576. The van der Waals surface area contributed by atoms with Crippen molar-refractivity contribution in [2.45, 2.75) is 76.8 Å². The minimum Gasteiger partial charge on any atom is -0.363 e. The van der Waals surface area contributed by atoms with Crippen molar-refractivity contribution in [3.8, 4) is 0 Å². The van der Waals surface area contributed by atoms with Crippen LogP contribution in [-0.2, 0) is 28.1 Å². The highest BCUT2D eigenvalue weighted by Crippen LogP contribution is 2.42. The molecule has 3 aromatic rings. The first-order valence-corrected chi connectivity index (χ1v) is 17.5. The van der Waals surface area contributed by atoms with Crippen LogP contribution in [0.2, 0.25) is 0 Å². The normalized spacial score (nSPS) is 20.6. The Bertz CT molecular complexity index is 1580. The average molecular weight is 643 g/mol. The molecule has 0 aliphatic carbocycles. The third-order valence-corrected chi connectivity index (χ3v) is 10.7. The van der Waals surface area contributed by atoms with E-state index in [9.17, 15) is 13.8 Å². The molecule has 0 spiro atoms. The van der Waals surface area contributed by atoms with Crippen LogP contribution in [0.15, 0.2) is 41.5 Å². The zero-order valence-corrected chi connectivity index (χ0v) is 27.2. The van der Waals surface area contributed by atoms with Gasteiger partial charge in [0.05, 0.1) is 5.39 Å². The molecule has 1 aromatic carbocycles. The van der Waals surface area contributed by atoms with E-state index in [0.717, 1.165) is 0 Å². The van der Waals surface area contributed by atoms with Crippen LogP contribution in [0.5, 0.6) is 0 Å². The molecule has 0 unspecified atom stereocenters. The lowest BCUT2D eigenvalue weighted by Gasteiger charge is -2.34. The Kier molecular flexibility index (Phi) is 10.6. The summed E-state index contributed by atoms with van der Waals surface area (Å²) in [5, 5.41) is 6.94. The molecule has 1 atom stereocenters. The number of carbonyl (C=O) groups excluding carboxylic acids is 1. The van der Waals surface area contributed by atoms with Crippen LogP contribution in [0, 0.1) is 5.92 Å². The van der Waals surface area contributed by atoms with Crippen molar-refractivity contribution in [1.29, 1.82) is 0 Å². The van der Waals surface area contributed by atoms with Crippen LogP contribution < -0.4 is 16.2 Å². The summed E-state index contributed by atoms with van der Waals surface area (Å²) in [4.78, 5) is 36.7.